The largest absolute Gasteiger partial charge is 0.363 e. The zero-order chi connectivity index (χ0) is 22.3. The number of aryl methyl sites for hydroxylation is 1. The van der Waals surface area contributed by atoms with Gasteiger partial charge in [0.1, 0.15) is 11.6 Å². The van der Waals surface area contributed by atoms with Crippen LogP contribution < -0.4 is 14.7 Å². The molecule has 0 saturated heterocycles. The standard InChI is InChI=1S/C24H32FN5O/c1-16-7-6-8-20(25)23(16)29-15-17-14-26-22(28(4)5)13-21(17)30(24(29)31)19-11-9-18(10-12-19)27(2)3/h6-8,13-14,18-19H,9-12,15H2,1-5H3. The number of aromatic nitrogens is 1. The number of carbonyl (C=O) groups excluding carboxylic acids is 1. The molecule has 2 aliphatic rings. The van der Waals surface area contributed by atoms with Gasteiger partial charge in [0, 0.05) is 44.0 Å². The van der Waals surface area contributed by atoms with E-state index in [0.29, 0.717) is 18.3 Å². The molecule has 2 aromatic rings. The summed E-state index contributed by atoms with van der Waals surface area (Å²) in [6, 6.07) is 7.43. The Morgan fingerprint density at radius 1 is 1.10 bits per heavy atom. The fraction of sp³-hybridized carbons (Fsp3) is 0.500. The van der Waals surface area contributed by atoms with Crippen molar-refractivity contribution in [2.45, 2.75) is 51.2 Å². The van der Waals surface area contributed by atoms with Gasteiger partial charge in [0.05, 0.1) is 17.9 Å². The number of hydrogen-bond donors (Lipinski definition) is 0. The maximum atomic E-state index is 14.8. The molecular weight excluding hydrogens is 393 g/mol. The maximum Gasteiger partial charge on any atom is 0.329 e. The quantitative estimate of drug-likeness (QED) is 0.728. The highest BCUT2D eigenvalue weighted by Crippen LogP contribution is 2.39. The summed E-state index contributed by atoms with van der Waals surface area (Å²) in [7, 11) is 8.12. The van der Waals surface area contributed by atoms with Crippen molar-refractivity contribution in [3.63, 3.8) is 0 Å². The molecule has 1 fully saturated rings. The first-order valence-corrected chi connectivity index (χ1v) is 11.0. The van der Waals surface area contributed by atoms with Gasteiger partial charge < -0.3 is 9.80 Å². The topological polar surface area (TPSA) is 42.9 Å². The SMILES string of the molecule is Cc1cccc(F)c1N1Cc2cnc(N(C)C)cc2N(C2CCC(N(C)C)CC2)C1=O. The Hall–Kier alpha value is -2.67. The Balaban J connectivity index is 1.76. The first-order chi connectivity index (χ1) is 14.8. The Labute approximate surface area is 184 Å². The molecule has 31 heavy (non-hydrogen) atoms. The summed E-state index contributed by atoms with van der Waals surface area (Å²) in [5, 5.41) is 0. The lowest BCUT2D eigenvalue weighted by atomic mass is 9.88. The molecule has 0 radical (unpaired) electrons. The summed E-state index contributed by atoms with van der Waals surface area (Å²) < 4.78 is 14.8. The average Bonchev–Trinajstić information content (AvgIpc) is 2.73. The van der Waals surface area contributed by atoms with E-state index in [0.717, 1.165) is 48.3 Å². The van der Waals surface area contributed by atoms with Gasteiger partial charge in [-0.25, -0.2) is 14.2 Å². The fourth-order valence-corrected chi connectivity index (χ4v) is 4.85. The van der Waals surface area contributed by atoms with Gasteiger partial charge in [-0.05, 0) is 58.3 Å². The number of anilines is 3. The van der Waals surface area contributed by atoms with Gasteiger partial charge >= 0.3 is 6.03 Å². The first kappa shape index (κ1) is 21.6. The van der Waals surface area contributed by atoms with Gasteiger partial charge in [0.2, 0.25) is 0 Å². The second kappa shape index (κ2) is 8.46. The Kier molecular flexibility index (Phi) is 5.88. The highest BCUT2D eigenvalue weighted by Gasteiger charge is 2.39. The molecule has 4 rings (SSSR count). The van der Waals surface area contributed by atoms with Crippen LogP contribution >= 0.6 is 0 Å². The summed E-state index contributed by atoms with van der Waals surface area (Å²) in [6.45, 7) is 2.17. The van der Waals surface area contributed by atoms with Crippen molar-refractivity contribution < 1.29 is 9.18 Å². The number of hydrogen-bond acceptors (Lipinski definition) is 4. The third kappa shape index (κ3) is 3.99. The number of fused-ring (bicyclic) bond motifs is 1. The van der Waals surface area contributed by atoms with E-state index in [1.807, 2.05) is 49.1 Å². The molecule has 0 N–H and O–H groups in total. The number of pyridine rings is 1. The highest BCUT2D eigenvalue weighted by atomic mass is 19.1. The van der Waals surface area contributed by atoms with Crippen LogP contribution in [0.15, 0.2) is 30.5 Å². The number of rotatable bonds is 4. The lowest BCUT2D eigenvalue weighted by molar-refractivity contribution is 0.209. The van der Waals surface area contributed by atoms with Crippen molar-refractivity contribution in [3.8, 4) is 0 Å². The minimum Gasteiger partial charge on any atom is -0.363 e. The number of amides is 2. The van der Waals surface area contributed by atoms with Crippen molar-refractivity contribution in [2.24, 2.45) is 0 Å². The van der Waals surface area contributed by atoms with Crippen LogP contribution in [0.2, 0.25) is 0 Å². The van der Waals surface area contributed by atoms with Crippen molar-refractivity contribution in [1.29, 1.82) is 0 Å². The third-order valence-corrected chi connectivity index (χ3v) is 6.65. The van der Waals surface area contributed by atoms with E-state index in [-0.39, 0.29) is 17.9 Å². The smallest absolute Gasteiger partial charge is 0.329 e. The van der Waals surface area contributed by atoms with E-state index in [2.05, 4.69) is 24.0 Å². The van der Waals surface area contributed by atoms with Crippen LogP contribution in [0.1, 0.15) is 36.8 Å². The second-order valence-corrected chi connectivity index (χ2v) is 9.14. The lowest BCUT2D eigenvalue weighted by Gasteiger charge is -2.44. The zero-order valence-corrected chi connectivity index (χ0v) is 19.1. The van der Waals surface area contributed by atoms with Crippen LogP contribution in [-0.2, 0) is 6.54 Å². The minimum atomic E-state index is -0.370. The van der Waals surface area contributed by atoms with Crippen molar-refractivity contribution in [2.75, 3.05) is 42.9 Å². The normalized spacial score (nSPS) is 21.5. The van der Waals surface area contributed by atoms with Crippen molar-refractivity contribution >= 4 is 23.2 Å². The van der Waals surface area contributed by atoms with E-state index in [1.54, 1.807) is 11.0 Å². The van der Waals surface area contributed by atoms with Crippen LogP contribution in [-0.4, -0.2) is 56.2 Å². The average molecular weight is 426 g/mol. The summed E-state index contributed by atoms with van der Waals surface area (Å²) in [6.07, 6.45) is 5.77. The van der Waals surface area contributed by atoms with E-state index >= 15 is 0 Å². The summed E-state index contributed by atoms with van der Waals surface area (Å²) in [4.78, 5) is 26.1. The second-order valence-electron chi connectivity index (χ2n) is 9.14. The molecular formula is C24H32FN5O. The molecule has 1 aliphatic heterocycles. The molecule has 0 unspecified atom stereocenters. The lowest BCUT2D eigenvalue weighted by Crippen LogP contribution is -2.54. The van der Waals surface area contributed by atoms with E-state index < -0.39 is 0 Å². The molecule has 6 nitrogen and oxygen atoms in total. The van der Waals surface area contributed by atoms with Crippen LogP contribution in [0.5, 0.6) is 0 Å². The molecule has 1 aromatic heterocycles. The van der Waals surface area contributed by atoms with Crippen LogP contribution in [0.4, 0.5) is 26.4 Å². The molecule has 1 saturated carbocycles. The first-order valence-electron chi connectivity index (χ1n) is 11.0. The molecule has 0 atom stereocenters. The van der Waals surface area contributed by atoms with Gasteiger partial charge in [-0.1, -0.05) is 12.1 Å². The van der Waals surface area contributed by atoms with Gasteiger partial charge in [0.15, 0.2) is 0 Å². The van der Waals surface area contributed by atoms with Crippen LogP contribution in [0.25, 0.3) is 0 Å². The number of halogens is 1. The van der Waals surface area contributed by atoms with E-state index in [1.165, 1.54) is 6.07 Å². The Morgan fingerprint density at radius 3 is 2.42 bits per heavy atom. The molecule has 1 aromatic carbocycles. The van der Waals surface area contributed by atoms with E-state index in [9.17, 15) is 9.18 Å². The molecule has 2 amide bonds. The highest BCUT2D eigenvalue weighted by molar-refractivity contribution is 6.07. The number of urea groups is 1. The predicted octanol–water partition coefficient (Wildman–Crippen LogP) is 4.41. The van der Waals surface area contributed by atoms with Gasteiger partial charge in [0.25, 0.3) is 0 Å². The van der Waals surface area contributed by atoms with Crippen molar-refractivity contribution in [1.82, 2.24) is 9.88 Å². The molecule has 0 spiro atoms. The zero-order valence-electron chi connectivity index (χ0n) is 19.1. The van der Waals surface area contributed by atoms with Crippen LogP contribution in [0.3, 0.4) is 0 Å². The van der Waals surface area contributed by atoms with Crippen molar-refractivity contribution in [3.05, 3.63) is 47.4 Å². The summed E-state index contributed by atoms with van der Waals surface area (Å²) >= 11 is 0. The third-order valence-electron chi connectivity index (χ3n) is 6.65. The Morgan fingerprint density at radius 2 is 1.81 bits per heavy atom. The molecule has 7 heteroatoms. The number of benzene rings is 1. The molecule has 166 valence electrons. The summed E-state index contributed by atoms with van der Waals surface area (Å²) in [5.74, 6) is 0.444. The van der Waals surface area contributed by atoms with E-state index in [4.69, 9.17) is 0 Å². The maximum absolute atomic E-state index is 14.8. The van der Waals surface area contributed by atoms with Gasteiger partial charge in [-0.15, -0.1) is 0 Å². The molecule has 0 bridgehead atoms. The fourth-order valence-electron chi connectivity index (χ4n) is 4.85. The van der Waals surface area contributed by atoms with Gasteiger partial charge in [-0.2, -0.15) is 0 Å². The molecule has 1 aliphatic carbocycles. The number of nitrogens with zero attached hydrogens (tertiary/aromatic N) is 5. The predicted molar refractivity (Wildman–Crippen MR) is 123 cm³/mol. The van der Waals surface area contributed by atoms with Gasteiger partial charge in [-0.3, -0.25) is 9.80 Å². The molecule has 2 heterocycles. The summed E-state index contributed by atoms with van der Waals surface area (Å²) in [5.41, 5.74) is 2.97. The number of carbonyl (C=O) groups is 1. The minimum absolute atomic E-state index is 0.0924. The number of para-hydroxylation sites is 1. The monoisotopic (exact) mass is 425 g/mol. The van der Waals surface area contributed by atoms with Crippen LogP contribution in [0, 0.1) is 12.7 Å². The Bertz CT molecular complexity index is 948.